The Labute approximate surface area is 255 Å². The highest BCUT2D eigenvalue weighted by molar-refractivity contribution is 6.31. The van der Waals surface area contributed by atoms with Gasteiger partial charge in [0.25, 0.3) is 5.92 Å². The fourth-order valence-electron chi connectivity index (χ4n) is 5.70. The number of halogens is 3. The minimum atomic E-state index is -3.37. The summed E-state index contributed by atoms with van der Waals surface area (Å²) >= 11 is 6.14. The van der Waals surface area contributed by atoms with Crippen molar-refractivity contribution in [1.29, 1.82) is 0 Å². The van der Waals surface area contributed by atoms with Crippen molar-refractivity contribution < 1.29 is 32.6 Å². The van der Waals surface area contributed by atoms with Crippen LogP contribution in [0.2, 0.25) is 5.02 Å². The second-order valence-electron chi connectivity index (χ2n) is 13.0. The summed E-state index contributed by atoms with van der Waals surface area (Å²) in [6.45, 7) is 9.98. The molecule has 1 saturated heterocycles. The third kappa shape index (κ3) is 7.60. The van der Waals surface area contributed by atoms with Gasteiger partial charge in [-0.15, -0.1) is 0 Å². The van der Waals surface area contributed by atoms with Crippen molar-refractivity contribution in [2.45, 2.75) is 104 Å². The van der Waals surface area contributed by atoms with Crippen LogP contribution in [-0.2, 0) is 25.0 Å². The minimum absolute atomic E-state index is 0.0147. The molecule has 0 unspecified atom stereocenters. The lowest BCUT2D eigenvalue weighted by Gasteiger charge is -2.32. The quantitative estimate of drug-likeness (QED) is 0.259. The van der Waals surface area contributed by atoms with E-state index in [0.29, 0.717) is 17.9 Å². The molecule has 6 atom stereocenters. The highest BCUT2D eigenvalue weighted by Crippen LogP contribution is 2.42. The van der Waals surface area contributed by atoms with Crippen LogP contribution in [0.25, 0.3) is 11.0 Å². The van der Waals surface area contributed by atoms with E-state index in [1.807, 2.05) is 20.8 Å². The first-order chi connectivity index (χ1) is 20.0. The van der Waals surface area contributed by atoms with E-state index < -0.39 is 53.5 Å². The monoisotopic (exact) mass is 622 g/mol. The van der Waals surface area contributed by atoms with Crippen LogP contribution in [0, 0.1) is 17.3 Å². The number of ether oxygens (including phenoxy) is 2. The van der Waals surface area contributed by atoms with Crippen LogP contribution in [-0.4, -0.2) is 63.4 Å². The number of benzene rings is 1. The van der Waals surface area contributed by atoms with Crippen LogP contribution in [0.3, 0.4) is 0 Å². The van der Waals surface area contributed by atoms with Gasteiger partial charge in [0.05, 0.1) is 29.7 Å². The van der Waals surface area contributed by atoms with Crippen molar-refractivity contribution in [2.75, 3.05) is 6.54 Å². The van der Waals surface area contributed by atoms with E-state index in [0.717, 1.165) is 6.42 Å². The van der Waals surface area contributed by atoms with Gasteiger partial charge in [0.1, 0.15) is 12.2 Å². The number of hydrogen-bond donors (Lipinski definition) is 1. The number of rotatable bonds is 11. The Bertz CT molecular complexity index is 1380. The molecule has 0 radical (unpaired) electrons. The number of nitrogens with two attached hydrogens (primary N) is 1. The maximum absolute atomic E-state index is 15.8. The lowest BCUT2D eigenvalue weighted by molar-refractivity contribution is -0.142. The number of carbonyl (C=O) groups is 3. The molecular weight excluding hydrogens is 582 g/mol. The van der Waals surface area contributed by atoms with Gasteiger partial charge < -0.3 is 20.1 Å². The summed E-state index contributed by atoms with van der Waals surface area (Å²) in [5.74, 6) is -5.03. The standard InChI is InChI=1S/C31H41ClF2N4O5/c1-16-24(15-38(25(16)17(2)39)29(41)26(35)30(4,5)6)43-28-27(36-21-11-10-20(32)14-22(21)37-28)31(33,34)12-8-7-9-19-13-23(19)42-18(3)40/h10-11,14,16,19,23-26H,7-9,12-13,15,35H2,1-6H3/t16-,19-,23-,24+,25+,26-/m1/s1. The molecule has 9 nitrogen and oxygen atoms in total. The smallest absolute Gasteiger partial charge is 0.302 e. The van der Waals surface area contributed by atoms with Crippen LogP contribution in [0.5, 0.6) is 5.88 Å². The molecule has 4 rings (SSSR count). The highest BCUT2D eigenvalue weighted by atomic mass is 35.5. The van der Waals surface area contributed by atoms with Gasteiger partial charge in [-0.2, -0.15) is 8.78 Å². The number of fused-ring (bicyclic) bond motifs is 1. The number of esters is 1. The summed E-state index contributed by atoms with van der Waals surface area (Å²) in [7, 11) is 0. The molecule has 43 heavy (non-hydrogen) atoms. The van der Waals surface area contributed by atoms with Gasteiger partial charge in [0, 0.05) is 24.3 Å². The summed E-state index contributed by atoms with van der Waals surface area (Å²) in [4.78, 5) is 47.2. The van der Waals surface area contributed by atoms with E-state index in [1.165, 1.54) is 30.9 Å². The predicted molar refractivity (Wildman–Crippen MR) is 158 cm³/mol. The molecule has 1 aliphatic carbocycles. The Morgan fingerprint density at radius 1 is 1.12 bits per heavy atom. The fraction of sp³-hybridized carbons (Fsp3) is 0.645. The third-order valence-corrected chi connectivity index (χ3v) is 8.63. The zero-order valence-corrected chi connectivity index (χ0v) is 26.3. The summed E-state index contributed by atoms with van der Waals surface area (Å²) in [5, 5.41) is 0.359. The Hall–Kier alpha value is -2.92. The predicted octanol–water partition coefficient (Wildman–Crippen LogP) is 5.44. The summed E-state index contributed by atoms with van der Waals surface area (Å²) < 4.78 is 43.0. The van der Waals surface area contributed by atoms with E-state index in [9.17, 15) is 14.4 Å². The normalized spacial score (nSPS) is 24.6. The number of Topliss-reactive ketones (excluding diaryl/α,β-unsaturated/α-hetero) is 1. The summed E-state index contributed by atoms with van der Waals surface area (Å²) in [6.07, 6.45) is 0.792. The third-order valence-electron chi connectivity index (χ3n) is 8.39. The SMILES string of the molecule is CC(=O)O[C@@H]1C[C@H]1CCCCC(F)(F)c1nc2ccc(Cl)cc2nc1O[C@H]1CN(C(=O)[C@@H](N)C(C)(C)C)[C@H](C(C)=O)[C@@H]1C. The van der Waals surface area contributed by atoms with Gasteiger partial charge in [-0.3, -0.25) is 14.4 Å². The first-order valence-electron chi connectivity index (χ1n) is 14.8. The van der Waals surface area contributed by atoms with Crippen LogP contribution in [0.4, 0.5) is 8.78 Å². The maximum atomic E-state index is 15.8. The van der Waals surface area contributed by atoms with E-state index in [2.05, 4.69) is 9.97 Å². The van der Waals surface area contributed by atoms with Crippen molar-refractivity contribution >= 4 is 40.3 Å². The lowest BCUT2D eigenvalue weighted by atomic mass is 9.86. The van der Waals surface area contributed by atoms with E-state index in [-0.39, 0.29) is 53.7 Å². The van der Waals surface area contributed by atoms with Gasteiger partial charge in [-0.25, -0.2) is 9.97 Å². The number of amides is 1. The molecule has 2 aliphatic rings. The van der Waals surface area contributed by atoms with Crippen LogP contribution in [0.1, 0.15) is 79.3 Å². The number of aromatic nitrogens is 2. The largest absolute Gasteiger partial charge is 0.471 e. The number of hydrogen-bond acceptors (Lipinski definition) is 8. The van der Waals surface area contributed by atoms with Crippen LogP contribution >= 0.6 is 11.6 Å². The Kier molecular flexibility index (Phi) is 9.66. The molecular formula is C31H41ClF2N4O5. The summed E-state index contributed by atoms with van der Waals surface area (Å²) in [6, 6.07) is 2.89. The second-order valence-corrected chi connectivity index (χ2v) is 13.4. The second kappa shape index (κ2) is 12.6. The number of likely N-dealkylation sites (tertiary alicyclic amines) is 1. The summed E-state index contributed by atoms with van der Waals surface area (Å²) in [5.41, 5.74) is 5.61. The average molecular weight is 623 g/mol. The minimum Gasteiger partial charge on any atom is -0.471 e. The number of unbranched alkanes of at least 4 members (excludes halogenated alkanes) is 1. The number of carbonyl (C=O) groups excluding carboxylic acids is 3. The van der Waals surface area contributed by atoms with Crippen molar-refractivity contribution in [3.8, 4) is 5.88 Å². The molecule has 0 spiro atoms. The number of ketones is 1. The molecule has 12 heteroatoms. The Balaban J connectivity index is 1.57. The lowest BCUT2D eigenvalue weighted by Crippen LogP contribution is -2.53. The molecule has 1 saturated carbocycles. The zero-order chi connectivity index (χ0) is 31.9. The molecule has 2 N–H and O–H groups in total. The Morgan fingerprint density at radius 2 is 1.81 bits per heavy atom. The zero-order valence-electron chi connectivity index (χ0n) is 25.5. The van der Waals surface area contributed by atoms with Crippen molar-refractivity contribution in [3.05, 3.63) is 28.9 Å². The molecule has 2 aromatic rings. The molecule has 1 aromatic carbocycles. The first kappa shape index (κ1) is 33.0. The molecule has 1 aromatic heterocycles. The van der Waals surface area contributed by atoms with Gasteiger partial charge >= 0.3 is 5.97 Å². The van der Waals surface area contributed by atoms with E-state index in [1.54, 1.807) is 13.0 Å². The molecule has 1 amide bonds. The molecule has 1 aliphatic heterocycles. The van der Waals surface area contributed by atoms with Gasteiger partial charge in [-0.05, 0) is 55.7 Å². The van der Waals surface area contributed by atoms with E-state index >= 15 is 8.78 Å². The maximum Gasteiger partial charge on any atom is 0.302 e. The van der Waals surface area contributed by atoms with Gasteiger partial charge in [0.2, 0.25) is 11.8 Å². The van der Waals surface area contributed by atoms with Crippen molar-refractivity contribution in [3.63, 3.8) is 0 Å². The van der Waals surface area contributed by atoms with Crippen LogP contribution in [0.15, 0.2) is 18.2 Å². The highest BCUT2D eigenvalue weighted by Gasteiger charge is 2.49. The molecule has 2 heterocycles. The van der Waals surface area contributed by atoms with Crippen LogP contribution < -0.4 is 10.5 Å². The first-order valence-corrected chi connectivity index (χ1v) is 15.1. The van der Waals surface area contributed by atoms with Gasteiger partial charge in [0.15, 0.2) is 11.5 Å². The average Bonchev–Trinajstić information content (AvgIpc) is 3.55. The van der Waals surface area contributed by atoms with Gasteiger partial charge in [-0.1, -0.05) is 45.7 Å². The van der Waals surface area contributed by atoms with Crippen molar-refractivity contribution in [1.82, 2.24) is 14.9 Å². The van der Waals surface area contributed by atoms with Crippen molar-refractivity contribution in [2.24, 2.45) is 23.0 Å². The Morgan fingerprint density at radius 3 is 2.44 bits per heavy atom. The topological polar surface area (TPSA) is 125 Å². The molecule has 236 valence electrons. The fourth-order valence-corrected chi connectivity index (χ4v) is 5.87. The molecule has 0 bridgehead atoms. The number of alkyl halides is 2. The van der Waals surface area contributed by atoms with E-state index in [4.69, 9.17) is 26.8 Å². The number of nitrogens with zero attached hydrogens (tertiary/aromatic N) is 3. The molecule has 2 fully saturated rings.